The van der Waals surface area contributed by atoms with Crippen molar-refractivity contribution < 1.29 is 4.79 Å². The van der Waals surface area contributed by atoms with Gasteiger partial charge >= 0.3 is 0 Å². The first-order valence-electron chi connectivity index (χ1n) is 3.26. The Balaban J connectivity index is 2.48. The fourth-order valence-corrected chi connectivity index (χ4v) is 1.02. The minimum atomic E-state index is 0.219. The van der Waals surface area contributed by atoms with Gasteiger partial charge in [0.05, 0.1) is 0 Å². The summed E-state index contributed by atoms with van der Waals surface area (Å²) in [7, 11) is 0. The van der Waals surface area contributed by atoms with Gasteiger partial charge in [-0.2, -0.15) is 0 Å². The number of rotatable bonds is 1. The average Bonchev–Trinajstić information content (AvgIpc) is 1.89. The smallest absolute Gasteiger partial charge is 0.226 e. The van der Waals surface area contributed by atoms with Gasteiger partial charge in [-0.25, -0.2) is 0 Å². The van der Waals surface area contributed by atoms with E-state index >= 15 is 0 Å². The lowest BCUT2D eigenvalue weighted by Crippen LogP contribution is -2.29. The van der Waals surface area contributed by atoms with E-state index < -0.39 is 0 Å². The van der Waals surface area contributed by atoms with Crippen LogP contribution in [0, 0.1) is 0 Å². The second kappa shape index (κ2) is 2.67. The quantitative estimate of drug-likeness (QED) is 0.514. The Morgan fingerprint density at radius 2 is 2.33 bits per heavy atom. The van der Waals surface area contributed by atoms with Crippen LogP contribution in [0.2, 0.25) is 0 Å². The molecule has 0 atom stereocenters. The van der Waals surface area contributed by atoms with Gasteiger partial charge in [-0.15, -0.1) is 0 Å². The standard InChI is InChI=1S/C7H11NO/c1-2-8-6-4-3-5-7(8)9/h2H,1,3-6H2. The van der Waals surface area contributed by atoms with Crippen LogP contribution in [0.3, 0.4) is 0 Å². The molecule has 0 aliphatic carbocycles. The van der Waals surface area contributed by atoms with Gasteiger partial charge in [-0.3, -0.25) is 4.79 Å². The number of carbonyl (C=O) groups is 1. The molecule has 1 fully saturated rings. The fraction of sp³-hybridized carbons (Fsp3) is 0.571. The van der Waals surface area contributed by atoms with E-state index in [1.807, 2.05) is 0 Å². The lowest BCUT2D eigenvalue weighted by Gasteiger charge is -2.21. The van der Waals surface area contributed by atoms with Gasteiger partial charge in [-0.05, 0) is 19.0 Å². The van der Waals surface area contributed by atoms with Crippen LogP contribution in [-0.2, 0) is 4.79 Å². The van der Waals surface area contributed by atoms with Gasteiger partial charge < -0.3 is 4.90 Å². The fourth-order valence-electron chi connectivity index (χ4n) is 1.02. The molecule has 1 aliphatic rings. The zero-order chi connectivity index (χ0) is 6.69. The Labute approximate surface area is 55.2 Å². The Morgan fingerprint density at radius 1 is 1.56 bits per heavy atom. The van der Waals surface area contributed by atoms with E-state index in [2.05, 4.69) is 6.58 Å². The minimum absolute atomic E-state index is 0.219. The summed E-state index contributed by atoms with van der Waals surface area (Å²) in [5.41, 5.74) is 0. The van der Waals surface area contributed by atoms with Gasteiger partial charge in [0.15, 0.2) is 0 Å². The second-order valence-electron chi connectivity index (χ2n) is 2.23. The molecule has 9 heavy (non-hydrogen) atoms. The third-order valence-corrected chi connectivity index (χ3v) is 1.58. The monoisotopic (exact) mass is 125 g/mol. The van der Waals surface area contributed by atoms with Gasteiger partial charge in [0, 0.05) is 13.0 Å². The number of carbonyl (C=O) groups excluding carboxylic acids is 1. The van der Waals surface area contributed by atoms with Crippen molar-refractivity contribution in [3.05, 3.63) is 12.8 Å². The van der Waals surface area contributed by atoms with Crippen LogP contribution >= 0.6 is 0 Å². The number of piperidine rings is 1. The van der Waals surface area contributed by atoms with Crippen molar-refractivity contribution in [1.29, 1.82) is 0 Å². The number of likely N-dealkylation sites (tertiary alicyclic amines) is 1. The molecular formula is C7H11NO. The van der Waals surface area contributed by atoms with Crippen molar-refractivity contribution >= 4 is 5.91 Å². The van der Waals surface area contributed by atoms with Crippen molar-refractivity contribution in [2.24, 2.45) is 0 Å². The number of hydrogen-bond donors (Lipinski definition) is 0. The van der Waals surface area contributed by atoms with Crippen LogP contribution in [0.4, 0.5) is 0 Å². The number of nitrogens with zero attached hydrogens (tertiary/aromatic N) is 1. The van der Waals surface area contributed by atoms with Crippen molar-refractivity contribution in [3.8, 4) is 0 Å². The van der Waals surface area contributed by atoms with Crippen molar-refractivity contribution in [2.75, 3.05) is 6.54 Å². The van der Waals surface area contributed by atoms with E-state index in [0.717, 1.165) is 19.4 Å². The molecular weight excluding hydrogens is 114 g/mol. The van der Waals surface area contributed by atoms with E-state index in [4.69, 9.17) is 0 Å². The number of hydrogen-bond acceptors (Lipinski definition) is 1. The first-order chi connectivity index (χ1) is 4.34. The normalized spacial score (nSPS) is 20.0. The SMILES string of the molecule is C=CN1CCCCC1=O. The molecule has 2 heteroatoms. The molecule has 0 N–H and O–H groups in total. The van der Waals surface area contributed by atoms with E-state index in [1.54, 1.807) is 11.1 Å². The molecule has 0 aromatic heterocycles. The maximum Gasteiger partial charge on any atom is 0.226 e. The van der Waals surface area contributed by atoms with Crippen LogP contribution in [0.1, 0.15) is 19.3 Å². The molecule has 1 saturated heterocycles. The zero-order valence-electron chi connectivity index (χ0n) is 5.47. The summed E-state index contributed by atoms with van der Waals surface area (Å²) in [5, 5.41) is 0. The summed E-state index contributed by atoms with van der Waals surface area (Å²) >= 11 is 0. The lowest BCUT2D eigenvalue weighted by molar-refractivity contribution is -0.130. The maximum atomic E-state index is 10.9. The van der Waals surface area contributed by atoms with Crippen molar-refractivity contribution in [2.45, 2.75) is 19.3 Å². The molecule has 0 spiro atoms. The summed E-state index contributed by atoms with van der Waals surface area (Å²) < 4.78 is 0. The number of amides is 1. The van der Waals surface area contributed by atoms with Crippen molar-refractivity contribution in [1.82, 2.24) is 4.90 Å². The van der Waals surface area contributed by atoms with Crippen LogP contribution in [0.5, 0.6) is 0 Å². The van der Waals surface area contributed by atoms with Crippen LogP contribution in [0.25, 0.3) is 0 Å². The van der Waals surface area contributed by atoms with E-state index in [0.29, 0.717) is 6.42 Å². The van der Waals surface area contributed by atoms with Gasteiger partial charge in [0.25, 0.3) is 0 Å². The third kappa shape index (κ3) is 1.31. The van der Waals surface area contributed by atoms with Crippen LogP contribution in [0.15, 0.2) is 12.8 Å². The summed E-state index contributed by atoms with van der Waals surface area (Å²) in [5.74, 6) is 0.219. The second-order valence-corrected chi connectivity index (χ2v) is 2.23. The Bertz CT molecular complexity index is 131. The highest BCUT2D eigenvalue weighted by Gasteiger charge is 2.13. The molecule has 1 rings (SSSR count). The minimum Gasteiger partial charge on any atom is -0.320 e. The highest BCUT2D eigenvalue weighted by Crippen LogP contribution is 2.09. The zero-order valence-corrected chi connectivity index (χ0v) is 5.47. The lowest BCUT2D eigenvalue weighted by atomic mass is 10.1. The molecule has 0 saturated carbocycles. The Kier molecular flexibility index (Phi) is 1.88. The Hall–Kier alpha value is -0.790. The molecule has 1 heterocycles. The van der Waals surface area contributed by atoms with E-state index in [9.17, 15) is 4.79 Å². The van der Waals surface area contributed by atoms with E-state index in [-0.39, 0.29) is 5.91 Å². The van der Waals surface area contributed by atoms with Crippen LogP contribution < -0.4 is 0 Å². The molecule has 0 radical (unpaired) electrons. The van der Waals surface area contributed by atoms with Gasteiger partial charge in [0.1, 0.15) is 0 Å². The molecule has 0 aromatic carbocycles. The summed E-state index contributed by atoms with van der Waals surface area (Å²) in [6.07, 6.45) is 4.48. The molecule has 0 unspecified atom stereocenters. The van der Waals surface area contributed by atoms with Crippen molar-refractivity contribution in [3.63, 3.8) is 0 Å². The summed E-state index contributed by atoms with van der Waals surface area (Å²) in [4.78, 5) is 12.6. The summed E-state index contributed by atoms with van der Waals surface area (Å²) in [6, 6.07) is 0. The van der Waals surface area contributed by atoms with Gasteiger partial charge in [-0.1, -0.05) is 6.58 Å². The molecule has 50 valence electrons. The predicted molar refractivity (Wildman–Crippen MR) is 35.8 cm³/mol. The van der Waals surface area contributed by atoms with E-state index in [1.165, 1.54) is 0 Å². The molecule has 1 aliphatic heterocycles. The maximum absolute atomic E-state index is 10.9. The highest BCUT2D eigenvalue weighted by molar-refractivity contribution is 5.77. The predicted octanol–water partition coefficient (Wildman–Crippen LogP) is 1.14. The average molecular weight is 125 g/mol. The summed E-state index contributed by atoms with van der Waals surface area (Å²) in [6.45, 7) is 4.40. The molecule has 0 aromatic rings. The first kappa shape index (κ1) is 6.33. The molecule has 0 bridgehead atoms. The van der Waals surface area contributed by atoms with Crippen LogP contribution in [-0.4, -0.2) is 17.4 Å². The first-order valence-corrected chi connectivity index (χ1v) is 3.26. The largest absolute Gasteiger partial charge is 0.320 e. The molecule has 2 nitrogen and oxygen atoms in total. The third-order valence-electron chi connectivity index (χ3n) is 1.58. The highest BCUT2D eigenvalue weighted by atomic mass is 16.2. The Morgan fingerprint density at radius 3 is 2.78 bits per heavy atom. The topological polar surface area (TPSA) is 20.3 Å². The molecule has 1 amide bonds. The van der Waals surface area contributed by atoms with Gasteiger partial charge in [0.2, 0.25) is 5.91 Å².